The molecule has 0 heterocycles. The zero-order valence-electron chi connectivity index (χ0n) is 14.9. The van der Waals surface area contributed by atoms with E-state index < -0.39 is 0 Å². The molecule has 0 fully saturated rings. The quantitative estimate of drug-likeness (QED) is 0.775. The fraction of sp³-hybridized carbons (Fsp3) is 0.684. The molecular weight excluding hydrogens is 256 g/mol. The van der Waals surface area contributed by atoms with Gasteiger partial charge in [0.2, 0.25) is 0 Å². The molecule has 0 aromatic heterocycles. The van der Waals surface area contributed by atoms with Crippen LogP contribution in [-0.4, -0.2) is 30.6 Å². The molecule has 1 aromatic carbocycles. The SMILES string of the molecule is CCC(C)CN(C)Cc1ccc(CCNC(C)(C)C)cc1. The van der Waals surface area contributed by atoms with E-state index in [4.69, 9.17) is 0 Å². The van der Waals surface area contributed by atoms with Crippen molar-refractivity contribution in [1.82, 2.24) is 10.2 Å². The molecule has 0 aliphatic heterocycles. The van der Waals surface area contributed by atoms with Crippen molar-refractivity contribution in [3.8, 4) is 0 Å². The molecule has 1 rings (SSSR count). The van der Waals surface area contributed by atoms with Gasteiger partial charge in [-0.05, 0) is 57.8 Å². The number of benzene rings is 1. The van der Waals surface area contributed by atoms with Crippen molar-refractivity contribution >= 4 is 0 Å². The second-order valence-corrected chi connectivity index (χ2v) is 7.45. The van der Waals surface area contributed by atoms with Crippen LogP contribution in [0.25, 0.3) is 0 Å². The summed E-state index contributed by atoms with van der Waals surface area (Å²) in [5.74, 6) is 0.776. The number of hydrogen-bond donors (Lipinski definition) is 1. The van der Waals surface area contributed by atoms with E-state index in [0.717, 1.165) is 25.4 Å². The highest BCUT2D eigenvalue weighted by Gasteiger charge is 2.08. The Labute approximate surface area is 131 Å². The maximum absolute atomic E-state index is 3.54. The second kappa shape index (κ2) is 8.55. The predicted molar refractivity (Wildman–Crippen MR) is 93.7 cm³/mol. The largest absolute Gasteiger partial charge is 0.312 e. The van der Waals surface area contributed by atoms with Crippen LogP contribution in [0.5, 0.6) is 0 Å². The highest BCUT2D eigenvalue weighted by molar-refractivity contribution is 5.22. The van der Waals surface area contributed by atoms with E-state index in [0.29, 0.717) is 0 Å². The Morgan fingerprint density at radius 3 is 2.19 bits per heavy atom. The molecule has 1 unspecified atom stereocenters. The van der Waals surface area contributed by atoms with Crippen LogP contribution in [0.3, 0.4) is 0 Å². The highest BCUT2D eigenvalue weighted by Crippen LogP contribution is 2.10. The van der Waals surface area contributed by atoms with Gasteiger partial charge in [-0.2, -0.15) is 0 Å². The third-order valence-electron chi connectivity index (χ3n) is 3.86. The van der Waals surface area contributed by atoms with Crippen molar-refractivity contribution in [2.75, 3.05) is 20.1 Å². The molecule has 1 N–H and O–H groups in total. The van der Waals surface area contributed by atoms with Crippen molar-refractivity contribution in [2.45, 2.75) is 59.5 Å². The normalized spacial score (nSPS) is 13.7. The summed E-state index contributed by atoms with van der Waals surface area (Å²) in [5, 5.41) is 3.54. The molecule has 1 atom stereocenters. The minimum absolute atomic E-state index is 0.207. The minimum Gasteiger partial charge on any atom is -0.312 e. The lowest BCUT2D eigenvalue weighted by Crippen LogP contribution is -2.37. The first-order valence-corrected chi connectivity index (χ1v) is 8.31. The summed E-state index contributed by atoms with van der Waals surface area (Å²) in [6.07, 6.45) is 2.35. The fourth-order valence-corrected chi connectivity index (χ4v) is 2.43. The standard InChI is InChI=1S/C19H34N2/c1-7-16(2)14-21(6)15-18-10-8-17(9-11-18)12-13-20-19(3,4)5/h8-11,16,20H,7,12-15H2,1-6H3. The molecule has 0 saturated heterocycles. The summed E-state index contributed by atoms with van der Waals surface area (Å²) in [5.41, 5.74) is 3.03. The molecule has 0 bridgehead atoms. The molecule has 0 aliphatic carbocycles. The van der Waals surface area contributed by atoms with Gasteiger partial charge in [-0.1, -0.05) is 44.5 Å². The maximum atomic E-state index is 3.54. The van der Waals surface area contributed by atoms with Crippen LogP contribution in [0.2, 0.25) is 0 Å². The van der Waals surface area contributed by atoms with Crippen molar-refractivity contribution < 1.29 is 0 Å². The minimum atomic E-state index is 0.207. The van der Waals surface area contributed by atoms with Gasteiger partial charge in [0.05, 0.1) is 0 Å². The van der Waals surface area contributed by atoms with Gasteiger partial charge in [0.15, 0.2) is 0 Å². The molecule has 0 aliphatic rings. The van der Waals surface area contributed by atoms with Crippen LogP contribution >= 0.6 is 0 Å². The van der Waals surface area contributed by atoms with E-state index in [1.807, 2.05) is 0 Å². The molecule has 0 amide bonds. The summed E-state index contributed by atoms with van der Waals surface area (Å²) >= 11 is 0. The molecule has 0 saturated carbocycles. The molecule has 0 radical (unpaired) electrons. The zero-order chi connectivity index (χ0) is 15.9. The molecular formula is C19H34N2. The van der Waals surface area contributed by atoms with Crippen LogP contribution in [0.4, 0.5) is 0 Å². The van der Waals surface area contributed by atoms with Crippen molar-refractivity contribution in [2.24, 2.45) is 5.92 Å². The first-order valence-electron chi connectivity index (χ1n) is 8.31. The Balaban J connectivity index is 2.39. The molecule has 21 heavy (non-hydrogen) atoms. The van der Waals surface area contributed by atoms with Crippen LogP contribution in [-0.2, 0) is 13.0 Å². The summed E-state index contributed by atoms with van der Waals surface area (Å²) in [6, 6.07) is 9.10. The monoisotopic (exact) mass is 290 g/mol. The molecule has 0 spiro atoms. The van der Waals surface area contributed by atoms with Crippen LogP contribution in [0.15, 0.2) is 24.3 Å². The Bertz CT molecular complexity index is 389. The molecule has 1 aromatic rings. The Hall–Kier alpha value is -0.860. The molecule has 120 valence electrons. The Morgan fingerprint density at radius 2 is 1.67 bits per heavy atom. The first kappa shape index (κ1) is 18.2. The van der Waals surface area contributed by atoms with Gasteiger partial charge < -0.3 is 10.2 Å². The van der Waals surface area contributed by atoms with E-state index >= 15 is 0 Å². The number of rotatable bonds is 8. The van der Waals surface area contributed by atoms with Crippen molar-refractivity contribution in [1.29, 1.82) is 0 Å². The Morgan fingerprint density at radius 1 is 1.10 bits per heavy atom. The number of nitrogens with zero attached hydrogens (tertiary/aromatic N) is 1. The number of nitrogens with one attached hydrogen (secondary N) is 1. The van der Waals surface area contributed by atoms with E-state index in [2.05, 4.69) is 76.1 Å². The average Bonchev–Trinajstić information content (AvgIpc) is 2.39. The van der Waals surface area contributed by atoms with E-state index in [9.17, 15) is 0 Å². The smallest absolute Gasteiger partial charge is 0.0230 e. The molecule has 2 nitrogen and oxygen atoms in total. The van der Waals surface area contributed by atoms with Gasteiger partial charge in [-0.3, -0.25) is 0 Å². The lowest BCUT2D eigenvalue weighted by Gasteiger charge is -2.21. The van der Waals surface area contributed by atoms with E-state index in [1.165, 1.54) is 24.1 Å². The highest BCUT2D eigenvalue weighted by atomic mass is 15.1. The predicted octanol–water partition coefficient (Wildman–Crippen LogP) is 4.10. The van der Waals surface area contributed by atoms with Gasteiger partial charge in [0, 0.05) is 18.6 Å². The molecule has 2 heteroatoms. The van der Waals surface area contributed by atoms with Gasteiger partial charge in [0.25, 0.3) is 0 Å². The van der Waals surface area contributed by atoms with Gasteiger partial charge in [-0.15, -0.1) is 0 Å². The van der Waals surface area contributed by atoms with Crippen molar-refractivity contribution in [3.05, 3.63) is 35.4 Å². The Kier molecular flexibility index (Phi) is 7.41. The summed E-state index contributed by atoms with van der Waals surface area (Å²) in [4.78, 5) is 2.42. The third kappa shape index (κ3) is 8.23. The average molecular weight is 290 g/mol. The summed E-state index contributed by atoms with van der Waals surface area (Å²) in [7, 11) is 2.22. The fourth-order valence-electron chi connectivity index (χ4n) is 2.43. The summed E-state index contributed by atoms with van der Waals surface area (Å²) < 4.78 is 0. The maximum Gasteiger partial charge on any atom is 0.0230 e. The van der Waals surface area contributed by atoms with Gasteiger partial charge in [0.1, 0.15) is 0 Å². The lowest BCUT2D eigenvalue weighted by molar-refractivity contribution is 0.275. The van der Waals surface area contributed by atoms with Crippen LogP contribution in [0.1, 0.15) is 52.2 Å². The van der Waals surface area contributed by atoms with Gasteiger partial charge in [-0.25, -0.2) is 0 Å². The summed E-state index contributed by atoms with van der Waals surface area (Å²) in [6.45, 7) is 14.5. The van der Waals surface area contributed by atoms with E-state index in [-0.39, 0.29) is 5.54 Å². The van der Waals surface area contributed by atoms with Crippen LogP contribution < -0.4 is 5.32 Å². The third-order valence-corrected chi connectivity index (χ3v) is 3.86. The van der Waals surface area contributed by atoms with Gasteiger partial charge >= 0.3 is 0 Å². The lowest BCUT2D eigenvalue weighted by atomic mass is 10.1. The van der Waals surface area contributed by atoms with E-state index in [1.54, 1.807) is 0 Å². The topological polar surface area (TPSA) is 15.3 Å². The number of hydrogen-bond acceptors (Lipinski definition) is 2. The van der Waals surface area contributed by atoms with Crippen LogP contribution in [0, 0.1) is 5.92 Å². The zero-order valence-corrected chi connectivity index (χ0v) is 14.9. The van der Waals surface area contributed by atoms with Crippen molar-refractivity contribution in [3.63, 3.8) is 0 Å². The second-order valence-electron chi connectivity index (χ2n) is 7.45. The first-order chi connectivity index (χ1) is 9.80.